The molecular weight excluding hydrogens is 242 g/mol. The second kappa shape index (κ2) is 5.49. The van der Waals surface area contributed by atoms with Gasteiger partial charge in [-0.05, 0) is 6.07 Å². The summed E-state index contributed by atoms with van der Waals surface area (Å²) in [6.07, 6.45) is 0. The lowest BCUT2D eigenvalue weighted by Gasteiger charge is -2.02. The number of hydrogen-bond donors (Lipinski definition) is 2. The normalized spacial score (nSPS) is 8.65. The summed E-state index contributed by atoms with van der Waals surface area (Å²) in [4.78, 5) is 10.2. The van der Waals surface area contributed by atoms with Crippen LogP contribution in [-0.4, -0.2) is 10.6 Å². The van der Waals surface area contributed by atoms with Crippen molar-refractivity contribution in [3.63, 3.8) is 0 Å². The number of rotatable bonds is 3. The van der Waals surface area contributed by atoms with Crippen LogP contribution in [0.15, 0.2) is 28.2 Å². The Morgan fingerprint density at radius 3 is 2.59 bits per heavy atom. The number of non-ortho nitro benzene ring substituents is 1. The van der Waals surface area contributed by atoms with E-state index in [2.05, 4.69) is 23.2 Å². The third kappa shape index (κ3) is 3.19. The van der Waals surface area contributed by atoms with Gasteiger partial charge in [0.1, 0.15) is 12.1 Å². The van der Waals surface area contributed by atoms with Crippen molar-refractivity contribution in [2.75, 3.05) is 5.43 Å². The van der Waals surface area contributed by atoms with E-state index in [-0.39, 0.29) is 16.3 Å². The zero-order chi connectivity index (χ0) is 12.8. The van der Waals surface area contributed by atoms with E-state index >= 15 is 0 Å². The third-order valence-corrected chi connectivity index (χ3v) is 2.06. The van der Waals surface area contributed by atoms with E-state index < -0.39 is 4.92 Å². The van der Waals surface area contributed by atoms with Crippen LogP contribution in [0.3, 0.4) is 0 Å². The predicted octanol–water partition coefficient (Wildman–Crippen LogP) is 1.70. The zero-order valence-corrected chi connectivity index (χ0v) is 9.18. The molecule has 1 rings (SSSR count). The quantitative estimate of drug-likeness (QED) is 0.365. The zero-order valence-electron chi connectivity index (χ0n) is 8.28. The molecule has 0 aliphatic heterocycles. The maximum Gasteiger partial charge on any atom is 0.270 e. The molecule has 84 valence electrons. The number of thiol groups is 1. The fourth-order valence-electron chi connectivity index (χ4n) is 0.919. The molecule has 1 N–H and O–H groups in total. The van der Waals surface area contributed by atoms with Gasteiger partial charge in [0.2, 0.25) is 5.71 Å². The minimum atomic E-state index is -0.553. The second-order valence-corrected chi connectivity index (χ2v) is 3.24. The molecule has 0 heterocycles. The summed E-state index contributed by atoms with van der Waals surface area (Å²) in [5.41, 5.74) is 2.33. The van der Waals surface area contributed by atoms with Crippen molar-refractivity contribution in [3.8, 4) is 12.1 Å². The molecule has 0 saturated heterocycles. The molecule has 0 aliphatic rings. The first-order valence-corrected chi connectivity index (χ1v) is 4.64. The number of anilines is 1. The Balaban J connectivity index is 2.96. The number of nitrogens with one attached hydrogen (secondary N) is 1. The molecule has 0 fully saturated rings. The number of hydrazone groups is 1. The highest BCUT2D eigenvalue weighted by Gasteiger charge is 2.08. The summed E-state index contributed by atoms with van der Waals surface area (Å²) >= 11 is 4.02. The lowest BCUT2D eigenvalue weighted by molar-refractivity contribution is -0.385. The molecule has 0 aromatic heterocycles. The first-order valence-electron chi connectivity index (χ1n) is 4.19. The fraction of sp³-hybridized carbons (Fsp3) is 0. The van der Waals surface area contributed by atoms with Crippen molar-refractivity contribution >= 4 is 29.7 Å². The Kier molecular flexibility index (Phi) is 4.03. The molecule has 8 heteroatoms. The van der Waals surface area contributed by atoms with E-state index in [1.807, 2.05) is 0 Å². The minimum Gasteiger partial charge on any atom is -0.275 e. The Bertz CT molecular complexity index is 554. The second-order valence-electron chi connectivity index (χ2n) is 2.75. The maximum absolute atomic E-state index is 10.5. The van der Waals surface area contributed by atoms with Gasteiger partial charge in [-0.2, -0.15) is 15.6 Å². The highest BCUT2D eigenvalue weighted by molar-refractivity contribution is 7.80. The summed E-state index contributed by atoms with van der Waals surface area (Å²) < 4.78 is 0. The summed E-state index contributed by atoms with van der Waals surface area (Å²) in [7, 11) is 0. The van der Waals surface area contributed by atoms with E-state index in [9.17, 15) is 10.1 Å². The highest BCUT2D eigenvalue weighted by atomic mass is 32.1. The lowest BCUT2D eigenvalue weighted by Crippen LogP contribution is -1.97. The van der Waals surface area contributed by atoms with Crippen LogP contribution >= 0.6 is 12.6 Å². The molecule has 1 aromatic carbocycles. The Morgan fingerprint density at radius 1 is 1.47 bits per heavy atom. The topological polar surface area (TPSA) is 115 Å². The van der Waals surface area contributed by atoms with Gasteiger partial charge in [0, 0.05) is 17.0 Å². The number of nitriles is 2. The molecule has 0 saturated carbocycles. The van der Waals surface area contributed by atoms with E-state index in [1.54, 1.807) is 12.1 Å². The molecule has 7 nitrogen and oxygen atoms in total. The SMILES string of the molecule is N#CC(C#N)=NNc1ccc([N+](=O)[O-])cc1S. The minimum absolute atomic E-state index is 0.106. The van der Waals surface area contributed by atoms with Gasteiger partial charge in [-0.3, -0.25) is 15.5 Å². The first kappa shape index (κ1) is 12.5. The summed E-state index contributed by atoms with van der Waals surface area (Å²) in [6.45, 7) is 0. The fourth-order valence-corrected chi connectivity index (χ4v) is 1.18. The first-order chi connectivity index (χ1) is 8.08. The maximum atomic E-state index is 10.5. The van der Waals surface area contributed by atoms with Crippen molar-refractivity contribution in [1.82, 2.24) is 0 Å². The van der Waals surface area contributed by atoms with E-state index in [0.717, 1.165) is 0 Å². The van der Waals surface area contributed by atoms with Gasteiger partial charge in [0.25, 0.3) is 5.69 Å². The van der Waals surface area contributed by atoms with Crippen molar-refractivity contribution in [3.05, 3.63) is 28.3 Å². The van der Waals surface area contributed by atoms with Crippen molar-refractivity contribution in [1.29, 1.82) is 10.5 Å². The van der Waals surface area contributed by atoms with E-state index in [0.29, 0.717) is 5.69 Å². The van der Waals surface area contributed by atoms with E-state index in [4.69, 9.17) is 10.5 Å². The van der Waals surface area contributed by atoms with Gasteiger partial charge in [-0.1, -0.05) is 0 Å². The van der Waals surface area contributed by atoms with Gasteiger partial charge in [-0.15, -0.1) is 12.6 Å². The summed E-state index contributed by atoms with van der Waals surface area (Å²) in [5.74, 6) is 0. The van der Waals surface area contributed by atoms with Gasteiger partial charge in [-0.25, -0.2) is 0 Å². The molecule has 1 aromatic rings. The molecule has 0 unspecified atom stereocenters. The summed E-state index contributed by atoms with van der Waals surface area (Å²) in [5, 5.41) is 30.8. The summed E-state index contributed by atoms with van der Waals surface area (Å²) in [6, 6.07) is 7.01. The molecule has 0 radical (unpaired) electrons. The number of nitrogens with zero attached hydrogens (tertiary/aromatic N) is 4. The van der Waals surface area contributed by atoms with Crippen LogP contribution in [0, 0.1) is 32.8 Å². The van der Waals surface area contributed by atoms with E-state index in [1.165, 1.54) is 18.2 Å². The van der Waals surface area contributed by atoms with Crippen LogP contribution in [0.4, 0.5) is 11.4 Å². The number of nitro groups is 1. The van der Waals surface area contributed by atoms with Gasteiger partial charge >= 0.3 is 0 Å². The van der Waals surface area contributed by atoms with Gasteiger partial charge in [0.15, 0.2) is 0 Å². The number of hydrogen-bond acceptors (Lipinski definition) is 7. The largest absolute Gasteiger partial charge is 0.275 e. The molecule has 0 aliphatic carbocycles. The average Bonchev–Trinajstić information content (AvgIpc) is 2.31. The van der Waals surface area contributed by atoms with Crippen molar-refractivity contribution < 1.29 is 4.92 Å². The molecule has 0 spiro atoms. The molecular formula is C9H5N5O2S. The molecule has 0 amide bonds. The van der Waals surface area contributed by atoms with Crippen LogP contribution in [0.2, 0.25) is 0 Å². The third-order valence-electron chi connectivity index (χ3n) is 1.69. The van der Waals surface area contributed by atoms with Gasteiger partial charge in [0.05, 0.1) is 10.6 Å². The average molecular weight is 247 g/mol. The Labute approximate surface area is 102 Å². The standard InChI is InChI=1S/C9H5N5O2S/c10-4-6(5-11)12-13-8-2-1-7(14(15)16)3-9(8)17/h1-3,13,17H. The Morgan fingerprint density at radius 2 is 2.12 bits per heavy atom. The van der Waals surface area contributed by atoms with Crippen LogP contribution < -0.4 is 5.43 Å². The highest BCUT2D eigenvalue weighted by Crippen LogP contribution is 2.24. The smallest absolute Gasteiger partial charge is 0.270 e. The van der Waals surface area contributed by atoms with Crippen LogP contribution in [0.5, 0.6) is 0 Å². The predicted molar refractivity (Wildman–Crippen MR) is 62.6 cm³/mol. The van der Waals surface area contributed by atoms with Crippen LogP contribution in [0.1, 0.15) is 0 Å². The van der Waals surface area contributed by atoms with Crippen molar-refractivity contribution in [2.24, 2.45) is 5.10 Å². The van der Waals surface area contributed by atoms with Gasteiger partial charge < -0.3 is 0 Å². The van der Waals surface area contributed by atoms with Crippen LogP contribution in [0.25, 0.3) is 0 Å². The lowest BCUT2D eigenvalue weighted by atomic mass is 10.3. The van der Waals surface area contributed by atoms with Crippen molar-refractivity contribution in [2.45, 2.75) is 4.90 Å². The number of benzene rings is 1. The monoisotopic (exact) mass is 247 g/mol. The molecule has 0 bridgehead atoms. The Hall–Kier alpha value is -2.58. The molecule has 0 atom stereocenters. The number of nitro benzene ring substituents is 1. The van der Waals surface area contributed by atoms with Crippen LogP contribution in [-0.2, 0) is 0 Å². The molecule has 17 heavy (non-hydrogen) atoms.